The van der Waals surface area contributed by atoms with E-state index in [-0.39, 0.29) is 11.5 Å². The molecule has 0 fully saturated rings. The van der Waals surface area contributed by atoms with Gasteiger partial charge in [0.05, 0.1) is 16.1 Å². The maximum Gasteiger partial charge on any atom is 0.270 e. The number of benzene rings is 2. The molecule has 21 heavy (non-hydrogen) atoms. The molecule has 0 atom stereocenters. The van der Waals surface area contributed by atoms with Gasteiger partial charge < -0.3 is 4.57 Å². The molecular weight excluding hydrogens is 268 g/mol. The molecule has 0 bridgehead atoms. The Balaban J connectivity index is 2.27. The zero-order valence-corrected chi connectivity index (χ0v) is 11.3. The number of nitro groups is 1. The van der Waals surface area contributed by atoms with Crippen LogP contribution in [0.3, 0.4) is 0 Å². The number of ketones is 1. The lowest BCUT2D eigenvalue weighted by atomic mass is 10.1. The van der Waals surface area contributed by atoms with E-state index in [0.29, 0.717) is 11.3 Å². The average molecular weight is 280 g/mol. The van der Waals surface area contributed by atoms with Crippen LogP contribution in [0.1, 0.15) is 17.3 Å². The van der Waals surface area contributed by atoms with Crippen LogP contribution in [0.4, 0.5) is 5.69 Å². The van der Waals surface area contributed by atoms with Crippen LogP contribution in [0, 0.1) is 10.1 Å². The summed E-state index contributed by atoms with van der Waals surface area (Å²) in [6.07, 6.45) is 1.86. The maximum atomic E-state index is 11.8. The number of fused-ring (bicyclic) bond motifs is 1. The Hall–Kier alpha value is -2.95. The summed E-state index contributed by atoms with van der Waals surface area (Å²) < 4.78 is 1.87. The van der Waals surface area contributed by atoms with Crippen LogP contribution in [0.15, 0.2) is 54.7 Å². The number of Topliss-reactive ketones (excluding diaryl/α,β-unsaturated/α-hetero) is 1. The van der Waals surface area contributed by atoms with Gasteiger partial charge >= 0.3 is 0 Å². The van der Waals surface area contributed by atoms with Crippen molar-refractivity contribution < 1.29 is 9.72 Å². The fourth-order valence-corrected chi connectivity index (χ4v) is 2.42. The van der Waals surface area contributed by atoms with Crippen LogP contribution in [-0.4, -0.2) is 15.3 Å². The Labute approximate surface area is 120 Å². The van der Waals surface area contributed by atoms with E-state index in [4.69, 9.17) is 0 Å². The Kier molecular flexibility index (Phi) is 3.02. The van der Waals surface area contributed by atoms with Crippen molar-refractivity contribution >= 4 is 22.4 Å². The van der Waals surface area contributed by atoms with Crippen molar-refractivity contribution in [3.63, 3.8) is 0 Å². The highest BCUT2D eigenvalue weighted by molar-refractivity contribution is 5.99. The van der Waals surface area contributed by atoms with Gasteiger partial charge in [-0.3, -0.25) is 14.9 Å². The van der Waals surface area contributed by atoms with Crippen LogP contribution in [0.25, 0.3) is 16.6 Å². The summed E-state index contributed by atoms with van der Waals surface area (Å²) in [5, 5.41) is 11.9. The van der Waals surface area contributed by atoms with Gasteiger partial charge in [-0.15, -0.1) is 0 Å². The molecule has 1 aromatic heterocycles. The number of hydrogen-bond donors (Lipinski definition) is 0. The maximum absolute atomic E-state index is 11.8. The predicted octanol–water partition coefficient (Wildman–Crippen LogP) is 3.74. The lowest BCUT2D eigenvalue weighted by Gasteiger charge is -2.10. The van der Waals surface area contributed by atoms with E-state index in [1.807, 2.05) is 41.1 Å². The van der Waals surface area contributed by atoms with Gasteiger partial charge in [0.1, 0.15) is 0 Å². The molecule has 5 heteroatoms. The Morgan fingerprint density at radius 1 is 1.14 bits per heavy atom. The molecule has 3 aromatic rings. The van der Waals surface area contributed by atoms with Crippen molar-refractivity contribution in [2.45, 2.75) is 6.92 Å². The van der Waals surface area contributed by atoms with E-state index in [0.717, 1.165) is 10.9 Å². The number of carbonyl (C=O) groups is 1. The summed E-state index contributed by atoms with van der Waals surface area (Å²) in [4.78, 5) is 22.2. The fourth-order valence-electron chi connectivity index (χ4n) is 2.42. The second-order valence-corrected chi connectivity index (χ2v) is 4.76. The van der Waals surface area contributed by atoms with E-state index in [1.165, 1.54) is 19.1 Å². The van der Waals surface area contributed by atoms with E-state index in [9.17, 15) is 14.9 Å². The number of carbonyl (C=O) groups excluding carboxylic acids is 1. The predicted molar refractivity (Wildman–Crippen MR) is 79.9 cm³/mol. The second kappa shape index (κ2) is 4.86. The van der Waals surface area contributed by atoms with Crippen molar-refractivity contribution in [1.29, 1.82) is 0 Å². The molecule has 0 unspecified atom stereocenters. The molecule has 3 rings (SSSR count). The van der Waals surface area contributed by atoms with Crippen molar-refractivity contribution in [2.24, 2.45) is 0 Å². The topological polar surface area (TPSA) is 65.1 Å². The monoisotopic (exact) mass is 280 g/mol. The number of nitro benzene ring substituents is 1. The molecule has 0 spiro atoms. The molecule has 0 aliphatic carbocycles. The third-order valence-electron chi connectivity index (χ3n) is 3.43. The van der Waals surface area contributed by atoms with Gasteiger partial charge in [0.15, 0.2) is 5.78 Å². The molecule has 104 valence electrons. The van der Waals surface area contributed by atoms with E-state index >= 15 is 0 Å². The Morgan fingerprint density at radius 3 is 2.62 bits per heavy atom. The SMILES string of the molecule is CC(=O)c1cc([N+](=O)[O-])ccc1-n1ccc2ccccc21. The second-order valence-electron chi connectivity index (χ2n) is 4.76. The van der Waals surface area contributed by atoms with Gasteiger partial charge in [-0.2, -0.15) is 0 Å². The minimum atomic E-state index is -0.496. The first-order valence-electron chi connectivity index (χ1n) is 6.44. The van der Waals surface area contributed by atoms with Gasteiger partial charge in [-0.05, 0) is 30.5 Å². The number of rotatable bonds is 3. The zero-order chi connectivity index (χ0) is 15.0. The normalized spacial score (nSPS) is 10.7. The van der Waals surface area contributed by atoms with Crippen LogP contribution in [-0.2, 0) is 0 Å². The first-order valence-corrected chi connectivity index (χ1v) is 6.44. The number of hydrogen-bond acceptors (Lipinski definition) is 3. The summed E-state index contributed by atoms with van der Waals surface area (Å²) >= 11 is 0. The number of para-hydroxylation sites is 1. The molecule has 5 nitrogen and oxygen atoms in total. The highest BCUT2D eigenvalue weighted by atomic mass is 16.6. The fraction of sp³-hybridized carbons (Fsp3) is 0.0625. The molecule has 0 aliphatic rings. The Morgan fingerprint density at radius 2 is 1.90 bits per heavy atom. The summed E-state index contributed by atoms with van der Waals surface area (Å²) in [5.41, 5.74) is 1.86. The molecule has 0 saturated heterocycles. The molecule has 0 saturated carbocycles. The van der Waals surface area contributed by atoms with E-state index < -0.39 is 4.92 Å². The van der Waals surface area contributed by atoms with E-state index in [2.05, 4.69) is 0 Å². The average Bonchev–Trinajstić information content (AvgIpc) is 2.90. The lowest BCUT2D eigenvalue weighted by molar-refractivity contribution is -0.384. The molecule has 2 aromatic carbocycles. The van der Waals surface area contributed by atoms with Crippen molar-refractivity contribution in [1.82, 2.24) is 4.57 Å². The number of non-ortho nitro benzene ring substituents is 1. The van der Waals surface area contributed by atoms with Gasteiger partial charge in [-0.1, -0.05) is 18.2 Å². The van der Waals surface area contributed by atoms with Crippen molar-refractivity contribution in [3.8, 4) is 5.69 Å². The summed E-state index contributed by atoms with van der Waals surface area (Å²) in [5.74, 6) is -0.202. The minimum Gasteiger partial charge on any atom is -0.316 e. The van der Waals surface area contributed by atoms with Crippen LogP contribution >= 0.6 is 0 Å². The quantitative estimate of drug-likeness (QED) is 0.417. The molecule has 0 aliphatic heterocycles. The highest BCUT2D eigenvalue weighted by Crippen LogP contribution is 2.26. The molecule has 0 amide bonds. The van der Waals surface area contributed by atoms with Gasteiger partial charge in [-0.25, -0.2) is 0 Å². The van der Waals surface area contributed by atoms with Crippen LogP contribution in [0.5, 0.6) is 0 Å². The van der Waals surface area contributed by atoms with Crippen LogP contribution in [0.2, 0.25) is 0 Å². The van der Waals surface area contributed by atoms with Gasteiger partial charge in [0.25, 0.3) is 5.69 Å². The smallest absolute Gasteiger partial charge is 0.270 e. The first kappa shape index (κ1) is 13.1. The molecule has 0 N–H and O–H groups in total. The van der Waals surface area contributed by atoms with E-state index in [1.54, 1.807) is 6.07 Å². The highest BCUT2D eigenvalue weighted by Gasteiger charge is 2.16. The zero-order valence-electron chi connectivity index (χ0n) is 11.3. The molecular formula is C16H12N2O3. The standard InChI is InChI=1S/C16H12N2O3/c1-11(19)14-10-13(18(20)21)6-7-16(14)17-9-8-12-4-2-3-5-15(12)17/h2-10H,1H3. The molecule has 0 radical (unpaired) electrons. The summed E-state index contributed by atoms with van der Waals surface area (Å²) in [6.45, 7) is 1.41. The Bertz CT molecular complexity index is 865. The van der Waals surface area contributed by atoms with Gasteiger partial charge in [0.2, 0.25) is 0 Å². The first-order chi connectivity index (χ1) is 10.1. The number of aromatic nitrogens is 1. The van der Waals surface area contributed by atoms with Crippen LogP contribution < -0.4 is 0 Å². The minimum absolute atomic E-state index is 0.0830. The third kappa shape index (κ3) is 2.18. The third-order valence-corrected chi connectivity index (χ3v) is 3.43. The summed E-state index contributed by atoms with van der Waals surface area (Å²) in [6, 6.07) is 14.1. The number of nitrogens with zero attached hydrogens (tertiary/aromatic N) is 2. The van der Waals surface area contributed by atoms with Crippen molar-refractivity contribution in [3.05, 3.63) is 70.4 Å². The van der Waals surface area contributed by atoms with Crippen molar-refractivity contribution in [2.75, 3.05) is 0 Å². The van der Waals surface area contributed by atoms with Gasteiger partial charge in [0, 0.05) is 23.9 Å². The molecule has 1 heterocycles. The largest absolute Gasteiger partial charge is 0.316 e. The summed E-state index contributed by atoms with van der Waals surface area (Å²) in [7, 11) is 0. The lowest BCUT2D eigenvalue weighted by Crippen LogP contribution is -2.03.